The van der Waals surface area contributed by atoms with E-state index in [1.807, 2.05) is 30.3 Å². The van der Waals surface area contributed by atoms with Gasteiger partial charge in [-0.3, -0.25) is 9.36 Å². The molecular formula is C23H17BrN6O3S. The number of nitrogens with zero attached hydrogens (tertiary/aromatic N) is 3. The van der Waals surface area contributed by atoms with Gasteiger partial charge in [0, 0.05) is 15.8 Å². The summed E-state index contributed by atoms with van der Waals surface area (Å²) in [5, 5.41) is 22.4. The zero-order chi connectivity index (χ0) is 23.7. The first-order valence-electron chi connectivity index (χ1n) is 10.1. The van der Waals surface area contributed by atoms with E-state index in [2.05, 4.69) is 41.4 Å². The van der Waals surface area contributed by atoms with Crippen LogP contribution in [0.25, 0.3) is 28.1 Å². The number of halogens is 1. The van der Waals surface area contributed by atoms with Crippen molar-refractivity contribution in [3.63, 3.8) is 0 Å². The number of carbonyl (C=O) groups excluding carboxylic acids is 1. The monoisotopic (exact) mass is 536 g/mol. The second-order valence-corrected chi connectivity index (χ2v) is 9.17. The Balaban J connectivity index is 1.41. The van der Waals surface area contributed by atoms with Crippen LogP contribution in [0.1, 0.15) is 0 Å². The predicted molar refractivity (Wildman–Crippen MR) is 134 cm³/mol. The van der Waals surface area contributed by atoms with Gasteiger partial charge in [-0.25, -0.2) is 4.79 Å². The Bertz CT molecular complexity index is 1560. The number of aromatic amines is 2. The fraction of sp³-hybridized carbons (Fsp3) is 0.0435. The maximum atomic E-state index is 12.6. The van der Waals surface area contributed by atoms with Crippen molar-refractivity contribution in [2.75, 3.05) is 11.1 Å². The number of aromatic hydroxyl groups is 1. The first-order valence-corrected chi connectivity index (χ1v) is 11.9. The quantitative estimate of drug-likeness (QED) is 0.239. The van der Waals surface area contributed by atoms with E-state index in [0.29, 0.717) is 33.3 Å². The van der Waals surface area contributed by atoms with Gasteiger partial charge in [-0.2, -0.15) is 0 Å². The van der Waals surface area contributed by atoms with Crippen molar-refractivity contribution in [2.24, 2.45) is 0 Å². The number of anilines is 1. The number of imidazole rings is 1. The standard InChI is InChI=1S/C23H17BrN6O3S/c24-13-6-9-19(31)16(10-13)21-28-29-23(30(21)15-4-2-1-3-5-15)34-12-20(32)25-14-7-8-17-18(11-14)27-22(33)26-17/h1-11,31H,12H2,(H,25,32)(H2,26,27,33). The van der Waals surface area contributed by atoms with Crippen molar-refractivity contribution >= 4 is 50.3 Å². The van der Waals surface area contributed by atoms with Gasteiger partial charge in [-0.05, 0) is 48.5 Å². The molecule has 0 saturated carbocycles. The Morgan fingerprint density at radius 1 is 1.03 bits per heavy atom. The molecule has 0 aliphatic carbocycles. The normalized spacial score (nSPS) is 11.1. The third-order valence-corrected chi connectivity index (χ3v) is 6.40. The third kappa shape index (κ3) is 4.47. The smallest absolute Gasteiger partial charge is 0.323 e. The Labute approximate surface area is 205 Å². The largest absolute Gasteiger partial charge is 0.507 e. The van der Waals surface area contributed by atoms with Crippen molar-refractivity contribution < 1.29 is 9.90 Å². The Morgan fingerprint density at radius 2 is 1.82 bits per heavy atom. The van der Waals surface area contributed by atoms with Crippen LogP contribution >= 0.6 is 27.7 Å². The lowest BCUT2D eigenvalue weighted by molar-refractivity contribution is -0.113. The van der Waals surface area contributed by atoms with Gasteiger partial charge in [-0.1, -0.05) is 45.9 Å². The van der Waals surface area contributed by atoms with Crippen LogP contribution in [0, 0.1) is 0 Å². The van der Waals surface area contributed by atoms with Crippen LogP contribution in [0.15, 0.2) is 81.2 Å². The van der Waals surface area contributed by atoms with Gasteiger partial charge in [-0.15, -0.1) is 10.2 Å². The zero-order valence-corrected chi connectivity index (χ0v) is 19.9. The molecule has 34 heavy (non-hydrogen) atoms. The van der Waals surface area contributed by atoms with Crippen molar-refractivity contribution in [3.8, 4) is 22.8 Å². The number of fused-ring (bicyclic) bond motifs is 1. The topological polar surface area (TPSA) is 129 Å². The van der Waals surface area contributed by atoms with Gasteiger partial charge in [0.1, 0.15) is 5.75 Å². The number of nitrogens with one attached hydrogen (secondary N) is 3. The molecule has 9 nitrogen and oxygen atoms in total. The highest BCUT2D eigenvalue weighted by atomic mass is 79.9. The van der Waals surface area contributed by atoms with E-state index in [0.717, 1.165) is 10.2 Å². The summed E-state index contributed by atoms with van der Waals surface area (Å²) in [6.45, 7) is 0. The summed E-state index contributed by atoms with van der Waals surface area (Å²) in [5.41, 5.74) is 2.84. The van der Waals surface area contributed by atoms with Gasteiger partial charge < -0.3 is 20.4 Å². The summed E-state index contributed by atoms with van der Waals surface area (Å²) in [6, 6.07) is 19.7. The first-order chi connectivity index (χ1) is 16.5. The molecule has 1 amide bonds. The van der Waals surface area contributed by atoms with Gasteiger partial charge in [0.05, 0.1) is 22.3 Å². The van der Waals surface area contributed by atoms with Gasteiger partial charge in [0.2, 0.25) is 5.91 Å². The average molecular weight is 537 g/mol. The number of benzene rings is 3. The summed E-state index contributed by atoms with van der Waals surface area (Å²) in [7, 11) is 0. The van der Waals surface area contributed by atoms with E-state index in [-0.39, 0.29) is 23.1 Å². The van der Waals surface area contributed by atoms with Crippen molar-refractivity contribution in [1.82, 2.24) is 24.7 Å². The van der Waals surface area contributed by atoms with Gasteiger partial charge in [0.25, 0.3) is 0 Å². The van der Waals surface area contributed by atoms with E-state index in [1.165, 1.54) is 11.8 Å². The molecule has 0 atom stereocenters. The molecule has 0 aliphatic rings. The molecule has 170 valence electrons. The van der Waals surface area contributed by atoms with Crippen LogP contribution in [0.3, 0.4) is 0 Å². The molecule has 2 heterocycles. The van der Waals surface area contributed by atoms with Crippen LogP contribution in [0.4, 0.5) is 5.69 Å². The molecule has 3 aromatic carbocycles. The van der Waals surface area contributed by atoms with E-state index in [1.54, 1.807) is 41.0 Å². The van der Waals surface area contributed by atoms with E-state index in [9.17, 15) is 14.7 Å². The second-order valence-electron chi connectivity index (χ2n) is 7.31. The highest BCUT2D eigenvalue weighted by molar-refractivity contribution is 9.10. The zero-order valence-electron chi connectivity index (χ0n) is 17.4. The highest BCUT2D eigenvalue weighted by Crippen LogP contribution is 2.34. The molecule has 11 heteroatoms. The number of carbonyl (C=O) groups is 1. The number of hydrogen-bond donors (Lipinski definition) is 4. The van der Waals surface area contributed by atoms with Crippen LogP contribution < -0.4 is 11.0 Å². The van der Waals surface area contributed by atoms with E-state index >= 15 is 0 Å². The summed E-state index contributed by atoms with van der Waals surface area (Å²) < 4.78 is 2.59. The Morgan fingerprint density at radius 3 is 2.65 bits per heavy atom. The lowest BCUT2D eigenvalue weighted by Crippen LogP contribution is -2.14. The van der Waals surface area contributed by atoms with Gasteiger partial charge >= 0.3 is 5.69 Å². The van der Waals surface area contributed by atoms with Crippen LogP contribution in [-0.4, -0.2) is 41.5 Å². The SMILES string of the molecule is O=C(CSc1nnc(-c2cc(Br)ccc2O)n1-c1ccccc1)Nc1ccc2[nH]c(=O)[nH]c2c1. The average Bonchev–Trinajstić information content (AvgIpc) is 3.42. The number of rotatable bonds is 6. The maximum absolute atomic E-state index is 12.6. The third-order valence-electron chi connectivity index (χ3n) is 4.98. The van der Waals surface area contributed by atoms with Crippen LogP contribution in [0.5, 0.6) is 5.75 Å². The second kappa shape index (κ2) is 9.20. The Hall–Kier alpha value is -3.83. The summed E-state index contributed by atoms with van der Waals surface area (Å²) in [6.07, 6.45) is 0. The molecular weight excluding hydrogens is 520 g/mol. The number of aromatic nitrogens is 5. The molecule has 5 rings (SSSR count). The number of para-hydroxylation sites is 1. The maximum Gasteiger partial charge on any atom is 0.323 e. The fourth-order valence-electron chi connectivity index (χ4n) is 3.47. The molecule has 0 aliphatic heterocycles. The van der Waals surface area contributed by atoms with Crippen LogP contribution in [0.2, 0.25) is 0 Å². The minimum atomic E-state index is -0.304. The van der Waals surface area contributed by atoms with Crippen molar-refractivity contribution in [2.45, 2.75) is 5.16 Å². The predicted octanol–water partition coefficient (Wildman–Crippen LogP) is 4.30. The molecule has 2 aromatic heterocycles. The van der Waals surface area contributed by atoms with Gasteiger partial charge in [0.15, 0.2) is 11.0 Å². The lowest BCUT2D eigenvalue weighted by Gasteiger charge is -2.11. The molecule has 0 fully saturated rings. The molecule has 4 N–H and O–H groups in total. The van der Waals surface area contributed by atoms with Crippen molar-refractivity contribution in [1.29, 1.82) is 0 Å². The molecule has 0 radical (unpaired) electrons. The summed E-state index contributed by atoms with van der Waals surface area (Å²) >= 11 is 4.65. The number of phenolic OH excluding ortho intramolecular Hbond substituents is 1. The first kappa shape index (κ1) is 22.0. The van der Waals surface area contributed by atoms with Crippen molar-refractivity contribution in [3.05, 3.63) is 81.7 Å². The lowest BCUT2D eigenvalue weighted by atomic mass is 10.2. The van der Waals surface area contributed by atoms with E-state index < -0.39 is 0 Å². The number of amides is 1. The minimum absolute atomic E-state index is 0.0697. The molecule has 0 unspecified atom stereocenters. The van der Waals surface area contributed by atoms with E-state index in [4.69, 9.17) is 0 Å². The molecule has 0 saturated heterocycles. The molecule has 0 bridgehead atoms. The highest BCUT2D eigenvalue weighted by Gasteiger charge is 2.20. The summed E-state index contributed by atoms with van der Waals surface area (Å²) in [4.78, 5) is 29.4. The minimum Gasteiger partial charge on any atom is -0.507 e. The number of thioether (sulfide) groups is 1. The number of phenols is 1. The Kier molecular flexibility index (Phi) is 5.95. The molecule has 0 spiro atoms. The van der Waals surface area contributed by atoms with Crippen LogP contribution in [-0.2, 0) is 4.79 Å². The summed E-state index contributed by atoms with van der Waals surface area (Å²) in [5.74, 6) is 0.364. The number of hydrogen-bond acceptors (Lipinski definition) is 6. The number of H-pyrrole nitrogens is 2. The molecule has 5 aromatic rings. The fourth-order valence-corrected chi connectivity index (χ4v) is 4.59.